The van der Waals surface area contributed by atoms with Gasteiger partial charge in [-0.1, -0.05) is 109 Å². The second-order valence-electron chi connectivity index (χ2n) is 9.15. The first-order valence-electron chi connectivity index (χ1n) is 12.6. The minimum atomic E-state index is 0.614. The zero-order valence-corrected chi connectivity index (χ0v) is 21.7. The molecule has 0 bridgehead atoms. The second-order valence-corrected chi connectivity index (χ2v) is 9.59. The van der Waals surface area contributed by atoms with Gasteiger partial charge in [-0.2, -0.15) is 5.26 Å². The SMILES string of the molecule is N#Cc1ccc(-c2ccc(Cl)cc2-c2cc(-c3cccc(-c4ccccc4)c3)nc(-c3ccccc3)n2)cc1. The molecule has 0 fully saturated rings. The van der Waals surface area contributed by atoms with E-state index in [9.17, 15) is 5.26 Å². The number of hydrogen-bond donors (Lipinski definition) is 0. The summed E-state index contributed by atoms with van der Waals surface area (Å²) in [6.07, 6.45) is 0. The molecule has 0 spiro atoms. The molecule has 0 aliphatic heterocycles. The normalized spacial score (nSPS) is 10.7. The Morgan fingerprint density at radius 1 is 0.487 bits per heavy atom. The van der Waals surface area contributed by atoms with E-state index in [0.717, 1.165) is 50.3 Å². The molecule has 0 atom stereocenters. The largest absolute Gasteiger partial charge is 0.228 e. The molecule has 4 heteroatoms. The molecule has 6 rings (SSSR count). The van der Waals surface area contributed by atoms with E-state index in [2.05, 4.69) is 42.5 Å². The van der Waals surface area contributed by atoms with Gasteiger partial charge in [0.1, 0.15) is 0 Å². The van der Waals surface area contributed by atoms with Gasteiger partial charge in [0.15, 0.2) is 5.82 Å². The van der Waals surface area contributed by atoms with Crippen LogP contribution in [0.1, 0.15) is 5.56 Å². The average molecular weight is 520 g/mol. The summed E-state index contributed by atoms with van der Waals surface area (Å²) in [4.78, 5) is 10.0. The van der Waals surface area contributed by atoms with E-state index in [4.69, 9.17) is 21.6 Å². The van der Waals surface area contributed by atoms with Gasteiger partial charge in [0.2, 0.25) is 0 Å². The molecule has 0 unspecified atom stereocenters. The Balaban J connectivity index is 1.55. The molecule has 0 aliphatic carbocycles. The van der Waals surface area contributed by atoms with Crippen LogP contribution in [0.25, 0.3) is 56.2 Å². The highest BCUT2D eigenvalue weighted by Gasteiger charge is 2.15. The average Bonchev–Trinajstić information content (AvgIpc) is 3.02. The molecule has 0 N–H and O–H groups in total. The molecule has 1 aromatic heterocycles. The third-order valence-corrected chi connectivity index (χ3v) is 6.84. The Hall–Kier alpha value is -5.04. The van der Waals surface area contributed by atoms with E-state index in [-0.39, 0.29) is 0 Å². The maximum atomic E-state index is 9.25. The Kier molecular flexibility index (Phi) is 6.70. The summed E-state index contributed by atoms with van der Waals surface area (Å²) in [6.45, 7) is 0. The molecular weight excluding hydrogens is 498 g/mol. The number of hydrogen-bond acceptors (Lipinski definition) is 3. The maximum absolute atomic E-state index is 9.25. The third-order valence-electron chi connectivity index (χ3n) is 6.61. The zero-order chi connectivity index (χ0) is 26.6. The molecule has 184 valence electrons. The lowest BCUT2D eigenvalue weighted by Crippen LogP contribution is -1.97. The van der Waals surface area contributed by atoms with E-state index >= 15 is 0 Å². The molecule has 0 amide bonds. The van der Waals surface area contributed by atoms with Crippen molar-refractivity contribution in [3.05, 3.63) is 144 Å². The standard InChI is InChI=1S/C35H22ClN3/c36-30-18-19-31(26-16-14-24(23-37)15-17-26)32(21-30)34-22-33(38-35(39-34)27-10-5-2-6-11-27)29-13-7-12-28(20-29)25-8-3-1-4-9-25/h1-22H. The third kappa shape index (κ3) is 5.20. The quantitative estimate of drug-likeness (QED) is 0.228. The van der Waals surface area contributed by atoms with E-state index in [1.807, 2.05) is 97.1 Å². The minimum absolute atomic E-state index is 0.614. The lowest BCUT2D eigenvalue weighted by atomic mass is 9.95. The number of nitriles is 1. The van der Waals surface area contributed by atoms with Crippen LogP contribution in [0, 0.1) is 11.3 Å². The van der Waals surface area contributed by atoms with Gasteiger partial charge in [-0.15, -0.1) is 0 Å². The molecule has 6 aromatic rings. The highest BCUT2D eigenvalue weighted by molar-refractivity contribution is 6.31. The molecule has 0 saturated heterocycles. The summed E-state index contributed by atoms with van der Waals surface area (Å²) in [7, 11) is 0. The van der Waals surface area contributed by atoms with Crippen molar-refractivity contribution in [1.82, 2.24) is 9.97 Å². The van der Waals surface area contributed by atoms with Gasteiger partial charge in [-0.3, -0.25) is 0 Å². The summed E-state index contributed by atoms with van der Waals surface area (Å²) >= 11 is 6.52. The van der Waals surface area contributed by atoms with Crippen LogP contribution in [0.4, 0.5) is 0 Å². The second kappa shape index (κ2) is 10.8. The molecule has 0 radical (unpaired) electrons. The first kappa shape index (κ1) is 24.3. The van der Waals surface area contributed by atoms with Crippen molar-refractivity contribution < 1.29 is 0 Å². The number of benzene rings is 5. The van der Waals surface area contributed by atoms with E-state index < -0.39 is 0 Å². The number of aromatic nitrogens is 2. The Morgan fingerprint density at radius 3 is 1.85 bits per heavy atom. The van der Waals surface area contributed by atoms with Crippen LogP contribution >= 0.6 is 11.6 Å². The number of nitrogens with zero attached hydrogens (tertiary/aromatic N) is 3. The fourth-order valence-corrected chi connectivity index (χ4v) is 4.81. The van der Waals surface area contributed by atoms with Crippen molar-refractivity contribution in [2.24, 2.45) is 0 Å². The minimum Gasteiger partial charge on any atom is -0.228 e. The first-order valence-corrected chi connectivity index (χ1v) is 13.0. The maximum Gasteiger partial charge on any atom is 0.160 e. The van der Waals surface area contributed by atoms with Gasteiger partial charge in [0, 0.05) is 21.7 Å². The molecule has 1 heterocycles. The monoisotopic (exact) mass is 519 g/mol. The molecule has 5 aromatic carbocycles. The van der Waals surface area contributed by atoms with Crippen LogP contribution in [-0.2, 0) is 0 Å². The Bertz CT molecular complexity index is 1810. The van der Waals surface area contributed by atoms with Crippen molar-refractivity contribution >= 4 is 11.6 Å². The Morgan fingerprint density at radius 2 is 1.13 bits per heavy atom. The topological polar surface area (TPSA) is 49.6 Å². The van der Waals surface area contributed by atoms with Crippen LogP contribution < -0.4 is 0 Å². The predicted octanol–water partition coefficient (Wildman–Crippen LogP) is 9.34. The molecule has 39 heavy (non-hydrogen) atoms. The summed E-state index contributed by atoms with van der Waals surface area (Å²) in [5.74, 6) is 0.638. The molecule has 0 aliphatic rings. The van der Waals surface area contributed by atoms with Crippen molar-refractivity contribution in [1.29, 1.82) is 5.26 Å². The van der Waals surface area contributed by atoms with Crippen molar-refractivity contribution in [3.8, 4) is 62.2 Å². The summed E-state index contributed by atoms with van der Waals surface area (Å²) < 4.78 is 0. The van der Waals surface area contributed by atoms with Gasteiger partial charge >= 0.3 is 0 Å². The number of rotatable bonds is 5. The van der Waals surface area contributed by atoms with Gasteiger partial charge in [0.25, 0.3) is 0 Å². The van der Waals surface area contributed by atoms with Crippen LogP contribution in [0.15, 0.2) is 133 Å². The van der Waals surface area contributed by atoms with E-state index in [0.29, 0.717) is 16.4 Å². The number of halogens is 1. The Labute approximate surface area is 232 Å². The fourth-order valence-electron chi connectivity index (χ4n) is 4.64. The molecule has 0 saturated carbocycles. The molecular formula is C35H22ClN3. The summed E-state index contributed by atoms with van der Waals surface area (Å²) in [5.41, 5.74) is 9.26. The zero-order valence-electron chi connectivity index (χ0n) is 20.9. The molecule has 3 nitrogen and oxygen atoms in total. The highest BCUT2D eigenvalue weighted by atomic mass is 35.5. The van der Waals surface area contributed by atoms with Gasteiger partial charge in [0.05, 0.1) is 23.0 Å². The van der Waals surface area contributed by atoms with Crippen molar-refractivity contribution in [3.63, 3.8) is 0 Å². The first-order chi connectivity index (χ1) is 19.2. The summed E-state index contributed by atoms with van der Waals surface area (Å²) in [6, 6.07) is 46.3. The van der Waals surface area contributed by atoms with Gasteiger partial charge in [-0.25, -0.2) is 9.97 Å². The van der Waals surface area contributed by atoms with Crippen LogP contribution in [0.3, 0.4) is 0 Å². The van der Waals surface area contributed by atoms with Crippen molar-refractivity contribution in [2.45, 2.75) is 0 Å². The lowest BCUT2D eigenvalue weighted by molar-refractivity contribution is 1.18. The lowest BCUT2D eigenvalue weighted by Gasteiger charge is -2.14. The van der Waals surface area contributed by atoms with Gasteiger partial charge < -0.3 is 0 Å². The van der Waals surface area contributed by atoms with E-state index in [1.165, 1.54) is 0 Å². The van der Waals surface area contributed by atoms with Gasteiger partial charge in [-0.05, 0) is 58.7 Å². The van der Waals surface area contributed by atoms with E-state index in [1.54, 1.807) is 0 Å². The van der Waals surface area contributed by atoms with Crippen LogP contribution in [-0.4, -0.2) is 9.97 Å². The smallest absolute Gasteiger partial charge is 0.160 e. The predicted molar refractivity (Wildman–Crippen MR) is 159 cm³/mol. The van der Waals surface area contributed by atoms with Crippen LogP contribution in [0.5, 0.6) is 0 Å². The van der Waals surface area contributed by atoms with Crippen LogP contribution in [0.2, 0.25) is 5.02 Å². The fraction of sp³-hybridized carbons (Fsp3) is 0. The summed E-state index contributed by atoms with van der Waals surface area (Å²) in [5, 5.41) is 9.87. The highest BCUT2D eigenvalue weighted by Crippen LogP contribution is 2.36. The van der Waals surface area contributed by atoms with Crippen molar-refractivity contribution in [2.75, 3.05) is 0 Å².